The fraction of sp³-hybridized carbons (Fsp3) is 0.700. The van der Waals surface area contributed by atoms with Crippen molar-refractivity contribution in [3.8, 4) is 0 Å². The van der Waals surface area contributed by atoms with Crippen molar-refractivity contribution in [1.29, 1.82) is 0 Å². The molecule has 0 aliphatic heterocycles. The molecule has 0 aromatic heterocycles. The topological polar surface area (TPSA) is 40.5 Å². The SMILES string of the molecule is C=C(C)C(=O)N(CCO)C(C)(C)C. The molecular weight excluding hydrogens is 166 g/mol. The van der Waals surface area contributed by atoms with E-state index in [1.165, 1.54) is 0 Å². The van der Waals surface area contributed by atoms with Gasteiger partial charge in [0, 0.05) is 17.7 Å². The second-order valence-electron chi connectivity index (χ2n) is 4.13. The molecule has 0 aliphatic carbocycles. The molecule has 0 atom stereocenters. The number of aliphatic hydroxyl groups is 1. The fourth-order valence-corrected chi connectivity index (χ4v) is 1.07. The van der Waals surface area contributed by atoms with Crippen LogP contribution in [0.2, 0.25) is 0 Å². The molecular formula is C10H19NO2. The molecule has 3 heteroatoms. The average molecular weight is 185 g/mol. The van der Waals surface area contributed by atoms with Gasteiger partial charge in [-0.05, 0) is 27.7 Å². The van der Waals surface area contributed by atoms with Crippen LogP contribution in [0.25, 0.3) is 0 Å². The van der Waals surface area contributed by atoms with E-state index in [1.54, 1.807) is 11.8 Å². The number of carbonyl (C=O) groups excluding carboxylic acids is 1. The second-order valence-corrected chi connectivity index (χ2v) is 4.13. The number of β-amino-alcohol motifs (C(OH)–C–C–N with tert-alkyl or cyclic N) is 1. The molecule has 3 nitrogen and oxygen atoms in total. The summed E-state index contributed by atoms with van der Waals surface area (Å²) in [6.45, 7) is 11.4. The molecule has 1 N–H and O–H groups in total. The number of aliphatic hydroxyl groups excluding tert-OH is 1. The lowest BCUT2D eigenvalue weighted by Crippen LogP contribution is -2.47. The maximum absolute atomic E-state index is 11.6. The van der Waals surface area contributed by atoms with Crippen molar-refractivity contribution < 1.29 is 9.90 Å². The zero-order valence-electron chi connectivity index (χ0n) is 8.92. The zero-order chi connectivity index (χ0) is 10.6. The lowest BCUT2D eigenvalue weighted by molar-refractivity contribution is -0.132. The lowest BCUT2D eigenvalue weighted by atomic mass is 10.0. The van der Waals surface area contributed by atoms with Crippen molar-refractivity contribution in [2.24, 2.45) is 0 Å². The maximum atomic E-state index is 11.6. The summed E-state index contributed by atoms with van der Waals surface area (Å²) in [5.41, 5.74) is 0.238. The standard InChI is InChI=1S/C10H19NO2/c1-8(2)9(13)11(6-7-12)10(3,4)5/h12H,1,6-7H2,2-5H3. The fourth-order valence-electron chi connectivity index (χ4n) is 1.07. The molecule has 0 bridgehead atoms. The van der Waals surface area contributed by atoms with Crippen molar-refractivity contribution in [2.75, 3.05) is 13.2 Å². The third kappa shape index (κ3) is 3.59. The lowest BCUT2D eigenvalue weighted by Gasteiger charge is -2.35. The van der Waals surface area contributed by atoms with Crippen molar-refractivity contribution in [3.63, 3.8) is 0 Å². The van der Waals surface area contributed by atoms with E-state index in [-0.39, 0.29) is 18.1 Å². The molecule has 0 rings (SSSR count). The Morgan fingerprint density at radius 1 is 1.46 bits per heavy atom. The van der Waals surface area contributed by atoms with E-state index in [9.17, 15) is 4.79 Å². The molecule has 0 radical (unpaired) electrons. The third-order valence-corrected chi connectivity index (χ3v) is 1.74. The molecule has 0 spiro atoms. The average Bonchev–Trinajstić information content (AvgIpc) is 1.96. The summed E-state index contributed by atoms with van der Waals surface area (Å²) in [4.78, 5) is 13.2. The first-order valence-corrected chi connectivity index (χ1v) is 4.39. The molecule has 76 valence electrons. The van der Waals surface area contributed by atoms with Gasteiger partial charge >= 0.3 is 0 Å². The highest BCUT2D eigenvalue weighted by molar-refractivity contribution is 5.92. The minimum atomic E-state index is -0.265. The molecule has 0 fully saturated rings. The molecule has 0 saturated carbocycles. The maximum Gasteiger partial charge on any atom is 0.249 e. The largest absolute Gasteiger partial charge is 0.395 e. The van der Waals surface area contributed by atoms with Crippen LogP contribution in [-0.4, -0.2) is 34.6 Å². The third-order valence-electron chi connectivity index (χ3n) is 1.74. The Hall–Kier alpha value is -0.830. The van der Waals surface area contributed by atoms with Crippen LogP contribution in [0.4, 0.5) is 0 Å². The monoisotopic (exact) mass is 185 g/mol. The van der Waals surface area contributed by atoms with Crippen LogP contribution < -0.4 is 0 Å². The summed E-state index contributed by atoms with van der Waals surface area (Å²) in [7, 11) is 0. The van der Waals surface area contributed by atoms with Crippen LogP contribution in [0.3, 0.4) is 0 Å². The van der Waals surface area contributed by atoms with E-state index in [1.807, 2.05) is 20.8 Å². The van der Waals surface area contributed by atoms with Gasteiger partial charge in [0.15, 0.2) is 0 Å². The Morgan fingerprint density at radius 3 is 2.15 bits per heavy atom. The van der Waals surface area contributed by atoms with Crippen LogP contribution in [-0.2, 0) is 4.79 Å². The van der Waals surface area contributed by atoms with Gasteiger partial charge in [0.25, 0.3) is 0 Å². The van der Waals surface area contributed by atoms with Crippen LogP contribution in [0.15, 0.2) is 12.2 Å². The van der Waals surface area contributed by atoms with E-state index in [0.29, 0.717) is 12.1 Å². The van der Waals surface area contributed by atoms with E-state index < -0.39 is 0 Å². The molecule has 0 aromatic rings. The van der Waals surface area contributed by atoms with Gasteiger partial charge < -0.3 is 10.0 Å². The summed E-state index contributed by atoms with van der Waals surface area (Å²) >= 11 is 0. The Kier molecular flexibility index (Phi) is 4.14. The van der Waals surface area contributed by atoms with E-state index >= 15 is 0 Å². The smallest absolute Gasteiger partial charge is 0.249 e. The van der Waals surface area contributed by atoms with Gasteiger partial charge in [0.2, 0.25) is 5.91 Å². The van der Waals surface area contributed by atoms with Crippen molar-refractivity contribution in [3.05, 3.63) is 12.2 Å². The van der Waals surface area contributed by atoms with E-state index in [4.69, 9.17) is 5.11 Å². The molecule has 0 aromatic carbocycles. The number of hydrogen-bond donors (Lipinski definition) is 1. The predicted octanol–water partition coefficient (Wildman–Crippen LogP) is 1.18. The Bertz CT molecular complexity index is 203. The highest BCUT2D eigenvalue weighted by Crippen LogP contribution is 2.15. The summed E-state index contributed by atoms with van der Waals surface area (Å²) in [6.07, 6.45) is 0. The number of carbonyl (C=O) groups is 1. The summed E-state index contributed by atoms with van der Waals surface area (Å²) in [6, 6.07) is 0. The molecule has 0 heterocycles. The first kappa shape index (κ1) is 12.2. The number of nitrogens with zero attached hydrogens (tertiary/aromatic N) is 1. The van der Waals surface area contributed by atoms with Gasteiger partial charge in [-0.2, -0.15) is 0 Å². The minimum absolute atomic E-state index is 0.0176. The van der Waals surface area contributed by atoms with Gasteiger partial charge in [0.1, 0.15) is 0 Å². The quantitative estimate of drug-likeness (QED) is 0.671. The molecule has 1 amide bonds. The van der Waals surface area contributed by atoms with Crippen LogP contribution in [0.5, 0.6) is 0 Å². The van der Waals surface area contributed by atoms with Crippen molar-refractivity contribution in [1.82, 2.24) is 4.90 Å². The van der Waals surface area contributed by atoms with Gasteiger partial charge in [-0.3, -0.25) is 4.79 Å². The Labute approximate surface area is 80.0 Å². The first-order valence-electron chi connectivity index (χ1n) is 4.39. The van der Waals surface area contributed by atoms with Crippen LogP contribution in [0.1, 0.15) is 27.7 Å². The predicted molar refractivity (Wildman–Crippen MR) is 53.4 cm³/mol. The number of rotatable bonds is 3. The molecule has 13 heavy (non-hydrogen) atoms. The van der Waals surface area contributed by atoms with Crippen LogP contribution in [0, 0.1) is 0 Å². The van der Waals surface area contributed by atoms with Gasteiger partial charge in [-0.15, -0.1) is 0 Å². The summed E-state index contributed by atoms with van der Waals surface area (Å²) < 4.78 is 0. The van der Waals surface area contributed by atoms with Crippen molar-refractivity contribution >= 4 is 5.91 Å². The normalized spacial score (nSPS) is 11.2. The summed E-state index contributed by atoms with van der Waals surface area (Å²) in [5, 5.41) is 8.81. The van der Waals surface area contributed by atoms with Gasteiger partial charge in [-0.25, -0.2) is 0 Å². The van der Waals surface area contributed by atoms with Gasteiger partial charge in [0.05, 0.1) is 6.61 Å². The minimum Gasteiger partial charge on any atom is -0.395 e. The summed E-state index contributed by atoms with van der Waals surface area (Å²) in [5.74, 6) is -0.0958. The van der Waals surface area contributed by atoms with Crippen molar-refractivity contribution in [2.45, 2.75) is 33.2 Å². The van der Waals surface area contributed by atoms with Gasteiger partial charge in [-0.1, -0.05) is 6.58 Å². The van der Waals surface area contributed by atoms with Crippen LogP contribution >= 0.6 is 0 Å². The number of amides is 1. The Balaban J connectivity index is 4.61. The highest BCUT2D eigenvalue weighted by atomic mass is 16.3. The Morgan fingerprint density at radius 2 is 1.92 bits per heavy atom. The highest BCUT2D eigenvalue weighted by Gasteiger charge is 2.25. The van der Waals surface area contributed by atoms with E-state index in [2.05, 4.69) is 6.58 Å². The molecule has 0 aliphatic rings. The molecule has 0 unspecified atom stereocenters. The second kappa shape index (κ2) is 4.42. The zero-order valence-corrected chi connectivity index (χ0v) is 8.92. The van der Waals surface area contributed by atoms with E-state index in [0.717, 1.165) is 0 Å². The molecule has 0 saturated heterocycles. The number of hydrogen-bond acceptors (Lipinski definition) is 2. The first-order chi connectivity index (χ1) is 5.80.